The number of fused-ring (bicyclic) bond motifs is 1. The Hall–Kier alpha value is -1.59. The summed E-state index contributed by atoms with van der Waals surface area (Å²) in [5.74, 6) is 0.713. The fourth-order valence-corrected chi connectivity index (χ4v) is 3.28. The average Bonchev–Trinajstić information content (AvgIpc) is 2.51. The molecule has 0 bridgehead atoms. The van der Waals surface area contributed by atoms with E-state index in [0.717, 1.165) is 15.2 Å². The first kappa shape index (κ1) is 16.3. The number of amides is 1. The number of hydrogen-bond acceptors (Lipinski definition) is 3. The number of benzene rings is 2. The second-order valence-electron chi connectivity index (χ2n) is 6.00. The van der Waals surface area contributed by atoms with Crippen molar-refractivity contribution in [1.29, 1.82) is 0 Å². The quantitative estimate of drug-likeness (QED) is 0.819. The first-order valence-corrected chi connectivity index (χ1v) is 8.56. The largest absolute Gasteiger partial charge is 0.484 e. The molecule has 2 aromatic rings. The van der Waals surface area contributed by atoms with E-state index in [-0.39, 0.29) is 24.7 Å². The smallest absolute Gasteiger partial charge is 0.260 e. The Bertz CT molecular complexity index is 708. The molecule has 0 aliphatic carbocycles. The normalized spacial score (nSPS) is 21.4. The number of rotatable bonds is 3. The molecule has 2 atom stereocenters. The molecule has 1 amide bonds. The third-order valence-electron chi connectivity index (χ3n) is 3.91. The summed E-state index contributed by atoms with van der Waals surface area (Å²) in [6.45, 7) is 5.27. The maximum absolute atomic E-state index is 12.3. The molecular formula is C18H20BrNO3. The summed E-state index contributed by atoms with van der Waals surface area (Å²) in [5, 5.41) is 2.22. The van der Waals surface area contributed by atoms with Gasteiger partial charge < -0.3 is 14.4 Å². The summed E-state index contributed by atoms with van der Waals surface area (Å²) < 4.78 is 12.4. The van der Waals surface area contributed by atoms with Gasteiger partial charge in [0.15, 0.2) is 6.61 Å². The Balaban J connectivity index is 1.63. The van der Waals surface area contributed by atoms with Crippen LogP contribution in [0.2, 0.25) is 0 Å². The summed E-state index contributed by atoms with van der Waals surface area (Å²) in [6.07, 6.45) is 0.142. The van der Waals surface area contributed by atoms with Crippen molar-refractivity contribution in [2.75, 3.05) is 19.7 Å². The highest BCUT2D eigenvalue weighted by molar-refractivity contribution is 9.10. The van der Waals surface area contributed by atoms with E-state index in [1.807, 2.05) is 49.1 Å². The van der Waals surface area contributed by atoms with Gasteiger partial charge in [-0.15, -0.1) is 0 Å². The molecular weight excluding hydrogens is 358 g/mol. The van der Waals surface area contributed by atoms with E-state index in [0.29, 0.717) is 18.8 Å². The third-order valence-corrected chi connectivity index (χ3v) is 4.40. The van der Waals surface area contributed by atoms with Gasteiger partial charge in [0, 0.05) is 17.6 Å². The van der Waals surface area contributed by atoms with Crippen LogP contribution in [-0.4, -0.2) is 42.7 Å². The Morgan fingerprint density at radius 2 is 1.83 bits per heavy atom. The molecule has 0 saturated carbocycles. The first-order valence-electron chi connectivity index (χ1n) is 7.76. The summed E-state index contributed by atoms with van der Waals surface area (Å²) in [4.78, 5) is 14.1. The van der Waals surface area contributed by atoms with Crippen molar-refractivity contribution >= 4 is 32.6 Å². The molecule has 0 radical (unpaired) electrons. The molecule has 1 heterocycles. The molecule has 0 spiro atoms. The van der Waals surface area contributed by atoms with Crippen molar-refractivity contribution in [3.05, 3.63) is 40.9 Å². The van der Waals surface area contributed by atoms with Crippen molar-refractivity contribution in [3.63, 3.8) is 0 Å². The number of nitrogens with zero attached hydrogens (tertiary/aromatic N) is 1. The monoisotopic (exact) mass is 377 g/mol. The van der Waals surface area contributed by atoms with E-state index in [1.54, 1.807) is 0 Å². The second kappa shape index (κ2) is 6.89. The topological polar surface area (TPSA) is 38.8 Å². The van der Waals surface area contributed by atoms with Gasteiger partial charge in [0.05, 0.1) is 12.2 Å². The minimum atomic E-state index is 0.00269. The molecule has 2 aromatic carbocycles. The summed E-state index contributed by atoms with van der Waals surface area (Å²) in [5.41, 5.74) is 0. The number of hydrogen-bond donors (Lipinski definition) is 0. The van der Waals surface area contributed by atoms with Crippen molar-refractivity contribution in [3.8, 4) is 5.75 Å². The van der Waals surface area contributed by atoms with E-state index in [9.17, 15) is 4.79 Å². The highest BCUT2D eigenvalue weighted by Gasteiger charge is 2.25. The summed E-state index contributed by atoms with van der Waals surface area (Å²) >= 11 is 3.46. The summed E-state index contributed by atoms with van der Waals surface area (Å²) in [7, 11) is 0. The molecule has 1 aliphatic rings. The van der Waals surface area contributed by atoms with Gasteiger partial charge in [0.25, 0.3) is 5.91 Å². The first-order chi connectivity index (χ1) is 11.0. The number of ether oxygens (including phenoxy) is 2. The molecule has 1 aliphatic heterocycles. The van der Waals surface area contributed by atoms with Gasteiger partial charge in [-0.25, -0.2) is 0 Å². The predicted octanol–water partition coefficient (Wildman–Crippen LogP) is 3.62. The van der Waals surface area contributed by atoms with Crippen LogP contribution in [0.5, 0.6) is 5.75 Å². The zero-order chi connectivity index (χ0) is 16.4. The van der Waals surface area contributed by atoms with Crippen molar-refractivity contribution in [1.82, 2.24) is 4.90 Å². The molecule has 1 saturated heterocycles. The fourth-order valence-electron chi connectivity index (χ4n) is 2.90. The Kier molecular flexibility index (Phi) is 4.87. The van der Waals surface area contributed by atoms with Gasteiger partial charge >= 0.3 is 0 Å². The van der Waals surface area contributed by atoms with Crippen LogP contribution in [0.25, 0.3) is 10.8 Å². The van der Waals surface area contributed by atoms with E-state index in [2.05, 4.69) is 22.0 Å². The fraction of sp³-hybridized carbons (Fsp3) is 0.389. The molecule has 3 rings (SSSR count). The van der Waals surface area contributed by atoms with Crippen LogP contribution in [0, 0.1) is 0 Å². The number of halogens is 1. The molecule has 5 heteroatoms. The Morgan fingerprint density at radius 3 is 2.57 bits per heavy atom. The Morgan fingerprint density at radius 1 is 1.17 bits per heavy atom. The average molecular weight is 378 g/mol. The van der Waals surface area contributed by atoms with Crippen LogP contribution in [0.1, 0.15) is 13.8 Å². The van der Waals surface area contributed by atoms with E-state index >= 15 is 0 Å². The lowest BCUT2D eigenvalue weighted by atomic mass is 10.1. The van der Waals surface area contributed by atoms with Crippen molar-refractivity contribution in [2.24, 2.45) is 0 Å². The lowest BCUT2D eigenvalue weighted by Crippen LogP contribution is -2.49. The van der Waals surface area contributed by atoms with Crippen LogP contribution in [0.4, 0.5) is 0 Å². The van der Waals surface area contributed by atoms with Gasteiger partial charge in [0.2, 0.25) is 0 Å². The van der Waals surface area contributed by atoms with Crippen LogP contribution in [0.3, 0.4) is 0 Å². The zero-order valence-electron chi connectivity index (χ0n) is 13.3. The van der Waals surface area contributed by atoms with E-state index in [4.69, 9.17) is 9.47 Å². The van der Waals surface area contributed by atoms with Crippen molar-refractivity contribution in [2.45, 2.75) is 26.1 Å². The second-order valence-corrected chi connectivity index (χ2v) is 6.91. The predicted molar refractivity (Wildman–Crippen MR) is 93.7 cm³/mol. The van der Waals surface area contributed by atoms with Crippen molar-refractivity contribution < 1.29 is 14.3 Å². The molecule has 0 aromatic heterocycles. The van der Waals surface area contributed by atoms with Gasteiger partial charge in [0.1, 0.15) is 5.75 Å². The maximum atomic E-state index is 12.3. The molecule has 23 heavy (non-hydrogen) atoms. The highest BCUT2D eigenvalue weighted by Crippen LogP contribution is 2.24. The lowest BCUT2D eigenvalue weighted by molar-refractivity contribution is -0.145. The minimum Gasteiger partial charge on any atom is -0.484 e. The molecule has 122 valence electrons. The summed E-state index contributed by atoms with van der Waals surface area (Å²) in [6, 6.07) is 11.9. The van der Waals surface area contributed by atoms with Crippen LogP contribution < -0.4 is 4.74 Å². The van der Waals surface area contributed by atoms with E-state index < -0.39 is 0 Å². The standard InChI is InChI=1S/C18H20BrNO3/c1-12-9-20(10-13(2)23-12)18(21)11-22-17-6-4-14-7-16(19)5-3-15(14)8-17/h3-8,12-13H,9-11H2,1-2H3/t12-,13-/m0/s1. The lowest BCUT2D eigenvalue weighted by Gasteiger charge is -2.35. The number of carbonyl (C=O) groups excluding carboxylic acids is 1. The maximum Gasteiger partial charge on any atom is 0.260 e. The zero-order valence-corrected chi connectivity index (χ0v) is 14.9. The highest BCUT2D eigenvalue weighted by atomic mass is 79.9. The minimum absolute atomic E-state index is 0.00269. The van der Waals surface area contributed by atoms with Gasteiger partial charge in [-0.1, -0.05) is 28.1 Å². The van der Waals surface area contributed by atoms with Crippen LogP contribution in [0.15, 0.2) is 40.9 Å². The molecule has 4 nitrogen and oxygen atoms in total. The SMILES string of the molecule is C[C@H]1CN(C(=O)COc2ccc3cc(Br)ccc3c2)C[C@H](C)O1. The van der Waals surface area contributed by atoms with Crippen LogP contribution in [-0.2, 0) is 9.53 Å². The van der Waals surface area contributed by atoms with Crippen LogP contribution >= 0.6 is 15.9 Å². The molecule has 0 unspecified atom stereocenters. The van der Waals surface area contributed by atoms with Gasteiger partial charge in [-0.2, -0.15) is 0 Å². The van der Waals surface area contributed by atoms with E-state index in [1.165, 1.54) is 0 Å². The number of carbonyl (C=O) groups is 1. The third kappa shape index (κ3) is 4.03. The molecule has 0 N–H and O–H groups in total. The van der Waals surface area contributed by atoms with Gasteiger partial charge in [-0.05, 0) is 48.9 Å². The number of morpholine rings is 1. The van der Waals surface area contributed by atoms with Gasteiger partial charge in [-0.3, -0.25) is 4.79 Å². The Labute approximate surface area is 144 Å². The molecule has 1 fully saturated rings.